The minimum atomic E-state index is -0.531. The third-order valence-electron chi connectivity index (χ3n) is 4.77. The molecule has 0 saturated carbocycles. The Balaban J connectivity index is 2.20. The lowest BCUT2D eigenvalue weighted by Gasteiger charge is -2.24. The molecule has 0 radical (unpaired) electrons. The van der Waals surface area contributed by atoms with E-state index in [1.807, 2.05) is 20.8 Å². The van der Waals surface area contributed by atoms with Crippen molar-refractivity contribution in [2.45, 2.75) is 45.7 Å². The van der Waals surface area contributed by atoms with E-state index in [0.717, 1.165) is 5.56 Å². The van der Waals surface area contributed by atoms with Gasteiger partial charge in [-0.2, -0.15) is 0 Å². The second kappa shape index (κ2) is 11.2. The summed E-state index contributed by atoms with van der Waals surface area (Å²) >= 11 is 6.22. The minimum Gasteiger partial charge on any atom is -0.453 e. The van der Waals surface area contributed by atoms with Gasteiger partial charge < -0.3 is 26.8 Å². The van der Waals surface area contributed by atoms with Gasteiger partial charge in [-0.1, -0.05) is 24.6 Å². The topological polar surface area (TPSA) is 102 Å². The number of nitrogens with two attached hydrogens (primary N) is 2. The summed E-state index contributed by atoms with van der Waals surface area (Å²) in [6.07, 6.45) is 0.882. The molecule has 2 atom stereocenters. The van der Waals surface area contributed by atoms with E-state index in [4.69, 9.17) is 27.8 Å². The second-order valence-electron chi connectivity index (χ2n) is 7.27. The third-order valence-corrected chi connectivity index (χ3v) is 5.07. The van der Waals surface area contributed by atoms with Crippen LogP contribution in [0, 0.1) is 12.7 Å². The van der Waals surface area contributed by atoms with Crippen LogP contribution in [0.3, 0.4) is 0 Å². The quantitative estimate of drug-likeness (QED) is 0.421. The zero-order chi connectivity index (χ0) is 22.3. The van der Waals surface area contributed by atoms with Crippen molar-refractivity contribution in [2.24, 2.45) is 5.73 Å². The van der Waals surface area contributed by atoms with Gasteiger partial charge in [0.1, 0.15) is 5.75 Å². The first-order chi connectivity index (χ1) is 14.3. The molecule has 164 valence electrons. The Labute approximate surface area is 182 Å². The van der Waals surface area contributed by atoms with Crippen LogP contribution in [-0.4, -0.2) is 25.0 Å². The maximum atomic E-state index is 15.3. The molecule has 0 aliphatic heterocycles. The molecule has 0 saturated heterocycles. The number of carbonyl (C=O) groups is 1. The van der Waals surface area contributed by atoms with Gasteiger partial charge >= 0.3 is 0 Å². The van der Waals surface area contributed by atoms with E-state index in [1.54, 1.807) is 30.3 Å². The van der Waals surface area contributed by atoms with Crippen molar-refractivity contribution in [1.82, 2.24) is 10.6 Å². The Hall–Kier alpha value is -2.35. The zero-order valence-electron chi connectivity index (χ0n) is 17.6. The summed E-state index contributed by atoms with van der Waals surface area (Å²) in [4.78, 5) is 11.9. The predicted octanol–water partition coefficient (Wildman–Crippen LogP) is 4.06. The van der Waals surface area contributed by atoms with Crippen LogP contribution < -0.4 is 26.8 Å². The molecular weight excluding hydrogens is 407 g/mol. The lowest BCUT2D eigenvalue weighted by atomic mass is 10.0. The summed E-state index contributed by atoms with van der Waals surface area (Å²) in [5.74, 6) is -0.219. The van der Waals surface area contributed by atoms with Crippen molar-refractivity contribution in [1.29, 1.82) is 0 Å². The fourth-order valence-electron chi connectivity index (χ4n) is 3.13. The van der Waals surface area contributed by atoms with Crippen molar-refractivity contribution >= 4 is 23.2 Å². The number of nitrogens with one attached hydrogen (secondary N) is 2. The van der Waals surface area contributed by atoms with Gasteiger partial charge in [-0.25, -0.2) is 4.39 Å². The molecule has 8 heteroatoms. The zero-order valence-corrected chi connectivity index (χ0v) is 18.4. The van der Waals surface area contributed by atoms with E-state index in [2.05, 4.69) is 10.6 Å². The van der Waals surface area contributed by atoms with Gasteiger partial charge in [-0.05, 0) is 50.1 Å². The molecule has 2 rings (SSSR count). The van der Waals surface area contributed by atoms with Gasteiger partial charge in [0.25, 0.3) is 0 Å². The molecule has 0 aliphatic rings. The second-order valence-corrected chi connectivity index (χ2v) is 7.68. The highest BCUT2D eigenvalue weighted by Gasteiger charge is 2.22. The normalized spacial score (nSPS) is 13.0. The minimum absolute atomic E-state index is 0.0352. The number of hydrogen-bond donors (Lipinski definition) is 4. The largest absolute Gasteiger partial charge is 0.453 e. The highest BCUT2D eigenvalue weighted by Crippen LogP contribution is 2.37. The summed E-state index contributed by atoms with van der Waals surface area (Å²) in [6.45, 7) is 6.49. The van der Waals surface area contributed by atoms with Crippen LogP contribution in [0.25, 0.3) is 0 Å². The van der Waals surface area contributed by atoms with E-state index in [0.29, 0.717) is 36.5 Å². The van der Waals surface area contributed by atoms with Gasteiger partial charge in [-0.15, -0.1) is 0 Å². The molecule has 0 bridgehead atoms. The maximum Gasteiger partial charge on any atom is 0.221 e. The molecule has 0 unspecified atom stereocenters. The Morgan fingerprint density at radius 1 is 1.30 bits per heavy atom. The predicted molar refractivity (Wildman–Crippen MR) is 119 cm³/mol. The van der Waals surface area contributed by atoms with Crippen LogP contribution in [0.1, 0.15) is 43.9 Å². The average Bonchev–Trinajstić information content (AvgIpc) is 2.70. The number of ether oxygens (including phenoxy) is 1. The van der Waals surface area contributed by atoms with Gasteiger partial charge in [0, 0.05) is 42.8 Å². The van der Waals surface area contributed by atoms with Crippen LogP contribution in [0.4, 0.5) is 10.1 Å². The summed E-state index contributed by atoms with van der Waals surface area (Å²) in [5, 5.41) is 6.22. The van der Waals surface area contributed by atoms with E-state index >= 15 is 4.39 Å². The fraction of sp³-hybridized carbons (Fsp3) is 0.409. The van der Waals surface area contributed by atoms with Gasteiger partial charge in [-0.3, -0.25) is 4.79 Å². The maximum absolute atomic E-state index is 15.3. The van der Waals surface area contributed by atoms with Gasteiger partial charge in [0.05, 0.1) is 5.02 Å². The summed E-state index contributed by atoms with van der Waals surface area (Å²) in [7, 11) is 0. The number of aryl methyl sites for hydroxylation is 1. The Bertz CT molecular complexity index is 878. The number of hydrogen-bond acceptors (Lipinski definition) is 5. The van der Waals surface area contributed by atoms with E-state index in [1.165, 1.54) is 0 Å². The van der Waals surface area contributed by atoms with E-state index in [-0.39, 0.29) is 35.2 Å². The standard InChI is InChI=1S/C22H30ClFN4O2/c1-4-19(28-14(3)12-20(29)27-10-9-25)16-6-7-17(23)22(21(16)24)30-15-5-8-18(26)13(2)11-15/h5-8,11,14,19,28H,4,9-10,12,25-26H2,1-3H3,(H,27,29)/t14-,19-/m1/s1. The molecule has 2 aromatic carbocycles. The molecule has 6 nitrogen and oxygen atoms in total. The van der Waals surface area contributed by atoms with Crippen molar-refractivity contribution in [3.63, 3.8) is 0 Å². The van der Waals surface area contributed by atoms with Crippen molar-refractivity contribution in [3.05, 3.63) is 52.3 Å². The molecule has 0 spiro atoms. The number of benzene rings is 2. The number of amides is 1. The van der Waals surface area contributed by atoms with Crippen LogP contribution >= 0.6 is 11.6 Å². The lowest BCUT2D eigenvalue weighted by molar-refractivity contribution is -0.121. The van der Waals surface area contributed by atoms with Crippen LogP contribution in [0.5, 0.6) is 11.5 Å². The monoisotopic (exact) mass is 436 g/mol. The smallest absolute Gasteiger partial charge is 0.221 e. The van der Waals surface area contributed by atoms with Crippen LogP contribution in [-0.2, 0) is 4.79 Å². The molecule has 6 N–H and O–H groups in total. The third kappa shape index (κ3) is 6.32. The molecule has 0 fully saturated rings. The highest BCUT2D eigenvalue weighted by atomic mass is 35.5. The number of carbonyl (C=O) groups excluding carboxylic acids is 1. The van der Waals surface area contributed by atoms with E-state index < -0.39 is 5.82 Å². The summed E-state index contributed by atoms with van der Waals surface area (Å²) in [6, 6.07) is 7.89. The van der Waals surface area contributed by atoms with Gasteiger partial charge in [0.15, 0.2) is 11.6 Å². The molecular formula is C22H30ClFN4O2. The first-order valence-corrected chi connectivity index (χ1v) is 10.4. The van der Waals surface area contributed by atoms with Gasteiger partial charge in [0.2, 0.25) is 5.91 Å². The van der Waals surface area contributed by atoms with Crippen molar-refractivity contribution in [2.75, 3.05) is 18.8 Å². The lowest BCUT2D eigenvalue weighted by Crippen LogP contribution is -2.37. The SMILES string of the molecule is CC[C@@H](N[C@H](C)CC(=O)NCCN)c1ccc(Cl)c(Oc2ccc(N)c(C)c2)c1F. The molecule has 0 aromatic heterocycles. The first-order valence-electron chi connectivity index (χ1n) is 10.0. The molecule has 0 heterocycles. The van der Waals surface area contributed by atoms with Crippen LogP contribution in [0.15, 0.2) is 30.3 Å². The molecule has 0 aliphatic carbocycles. The molecule has 30 heavy (non-hydrogen) atoms. The molecule has 2 aromatic rings. The van der Waals surface area contributed by atoms with E-state index in [9.17, 15) is 4.79 Å². The Morgan fingerprint density at radius 3 is 2.67 bits per heavy atom. The average molecular weight is 437 g/mol. The molecule has 1 amide bonds. The number of rotatable bonds is 10. The van der Waals surface area contributed by atoms with Crippen molar-refractivity contribution in [3.8, 4) is 11.5 Å². The first kappa shape index (κ1) is 23.9. The number of anilines is 1. The number of halogens is 2. The number of nitrogen functional groups attached to an aromatic ring is 1. The van der Waals surface area contributed by atoms with Crippen LogP contribution in [0.2, 0.25) is 5.02 Å². The van der Waals surface area contributed by atoms with Crippen molar-refractivity contribution < 1.29 is 13.9 Å². The fourth-order valence-corrected chi connectivity index (χ4v) is 3.32. The Kier molecular flexibility index (Phi) is 8.89. The highest BCUT2D eigenvalue weighted by molar-refractivity contribution is 6.32. The Morgan fingerprint density at radius 2 is 2.03 bits per heavy atom. The summed E-state index contributed by atoms with van der Waals surface area (Å²) < 4.78 is 21.1. The summed E-state index contributed by atoms with van der Waals surface area (Å²) in [5.41, 5.74) is 13.1.